The van der Waals surface area contributed by atoms with Crippen molar-refractivity contribution in [3.8, 4) is 5.75 Å². The van der Waals surface area contributed by atoms with Crippen LogP contribution in [-0.2, 0) is 0 Å². The number of phenolic OH excluding ortho intramolecular Hbond substituents is 1. The van der Waals surface area contributed by atoms with Gasteiger partial charge in [0.25, 0.3) is 0 Å². The summed E-state index contributed by atoms with van der Waals surface area (Å²) in [7, 11) is 4.07. The van der Waals surface area contributed by atoms with Crippen LogP contribution in [0.4, 0.5) is 4.39 Å². The van der Waals surface area contributed by atoms with Gasteiger partial charge in [0, 0.05) is 12.6 Å². The molecule has 1 aromatic rings. The minimum Gasteiger partial charge on any atom is -0.507 e. The van der Waals surface area contributed by atoms with Crippen molar-refractivity contribution in [3.63, 3.8) is 0 Å². The van der Waals surface area contributed by atoms with Gasteiger partial charge in [-0.05, 0) is 51.7 Å². The van der Waals surface area contributed by atoms with Crippen LogP contribution >= 0.6 is 0 Å². The number of likely N-dealkylation sites (tertiary alicyclic amines) is 1. The molecule has 5 heteroatoms. The Labute approximate surface area is 118 Å². The molecule has 1 N–H and O–H groups in total. The van der Waals surface area contributed by atoms with Crippen LogP contribution in [0.15, 0.2) is 18.2 Å². The summed E-state index contributed by atoms with van der Waals surface area (Å²) in [5.41, 5.74) is 0.0666. The largest absolute Gasteiger partial charge is 0.507 e. The molecule has 0 radical (unpaired) electrons. The second-order valence-corrected chi connectivity index (χ2v) is 5.58. The molecule has 0 aromatic heterocycles. The molecule has 110 valence electrons. The van der Waals surface area contributed by atoms with Crippen LogP contribution in [0.5, 0.6) is 5.75 Å². The molecule has 1 heterocycles. The first kappa shape index (κ1) is 14.9. The van der Waals surface area contributed by atoms with Gasteiger partial charge >= 0.3 is 0 Å². The summed E-state index contributed by atoms with van der Waals surface area (Å²) in [6, 6.07) is 3.92. The minimum absolute atomic E-state index is 0.0666. The summed E-state index contributed by atoms with van der Waals surface area (Å²) in [5.74, 6) is -0.894. The predicted molar refractivity (Wildman–Crippen MR) is 75.5 cm³/mol. The zero-order chi connectivity index (χ0) is 14.7. The van der Waals surface area contributed by atoms with Crippen molar-refractivity contribution in [1.82, 2.24) is 9.80 Å². The Balaban J connectivity index is 2.02. The zero-order valence-corrected chi connectivity index (χ0v) is 12.0. The molecular formula is C15H21FN2O2. The highest BCUT2D eigenvalue weighted by Gasteiger charge is 2.24. The van der Waals surface area contributed by atoms with E-state index in [0.717, 1.165) is 38.1 Å². The highest BCUT2D eigenvalue weighted by atomic mass is 19.1. The smallest absolute Gasteiger partial charge is 0.180 e. The molecule has 1 aromatic carbocycles. The molecule has 1 fully saturated rings. The Morgan fingerprint density at radius 1 is 1.50 bits per heavy atom. The number of halogens is 1. The van der Waals surface area contributed by atoms with Crippen LogP contribution in [0.3, 0.4) is 0 Å². The number of hydrogen-bond acceptors (Lipinski definition) is 4. The number of ketones is 1. The quantitative estimate of drug-likeness (QED) is 0.853. The number of phenols is 1. The first-order chi connectivity index (χ1) is 9.47. The van der Waals surface area contributed by atoms with E-state index >= 15 is 0 Å². The van der Waals surface area contributed by atoms with Gasteiger partial charge in [-0.25, -0.2) is 4.39 Å². The summed E-state index contributed by atoms with van der Waals surface area (Å²) in [6.07, 6.45) is 2.17. The van der Waals surface area contributed by atoms with E-state index in [9.17, 15) is 14.3 Å². The molecule has 1 saturated heterocycles. The molecule has 0 saturated carbocycles. The summed E-state index contributed by atoms with van der Waals surface area (Å²) in [4.78, 5) is 16.4. The lowest BCUT2D eigenvalue weighted by Gasteiger charge is -2.35. The van der Waals surface area contributed by atoms with E-state index in [1.807, 2.05) is 14.1 Å². The number of rotatable bonds is 4. The minimum atomic E-state index is -0.504. The van der Waals surface area contributed by atoms with Crippen molar-refractivity contribution in [2.45, 2.75) is 18.9 Å². The van der Waals surface area contributed by atoms with Gasteiger partial charge in [-0.15, -0.1) is 0 Å². The number of carbonyl (C=O) groups excluding carboxylic acids is 1. The van der Waals surface area contributed by atoms with Crippen LogP contribution in [0.1, 0.15) is 23.2 Å². The fourth-order valence-corrected chi connectivity index (χ4v) is 2.62. The lowest BCUT2D eigenvalue weighted by Crippen LogP contribution is -2.46. The van der Waals surface area contributed by atoms with Gasteiger partial charge in [-0.2, -0.15) is 0 Å². The van der Waals surface area contributed by atoms with E-state index in [1.165, 1.54) is 6.07 Å². The summed E-state index contributed by atoms with van der Waals surface area (Å²) >= 11 is 0. The SMILES string of the molecule is CN(C)C1CCCN(CC(=O)c2cc(F)ccc2O)C1. The van der Waals surface area contributed by atoms with E-state index in [2.05, 4.69) is 9.80 Å². The molecule has 20 heavy (non-hydrogen) atoms. The van der Waals surface area contributed by atoms with Crippen molar-refractivity contribution < 1.29 is 14.3 Å². The fourth-order valence-electron chi connectivity index (χ4n) is 2.62. The number of carbonyl (C=O) groups is 1. The molecule has 1 aliphatic heterocycles. The third-order valence-electron chi connectivity index (χ3n) is 3.84. The van der Waals surface area contributed by atoms with Gasteiger partial charge in [0.1, 0.15) is 11.6 Å². The fraction of sp³-hybridized carbons (Fsp3) is 0.533. The van der Waals surface area contributed by atoms with Crippen LogP contribution < -0.4 is 0 Å². The van der Waals surface area contributed by atoms with Gasteiger partial charge in [-0.3, -0.25) is 9.69 Å². The molecule has 4 nitrogen and oxygen atoms in total. The molecule has 2 rings (SSSR count). The summed E-state index contributed by atoms with van der Waals surface area (Å²) in [6.45, 7) is 1.92. The second-order valence-electron chi connectivity index (χ2n) is 5.58. The van der Waals surface area contributed by atoms with E-state index < -0.39 is 5.82 Å². The molecular weight excluding hydrogens is 259 g/mol. The molecule has 0 spiro atoms. The number of likely N-dealkylation sites (N-methyl/N-ethyl adjacent to an activating group) is 1. The van der Waals surface area contributed by atoms with Gasteiger partial charge in [-0.1, -0.05) is 0 Å². The normalized spacial score (nSPS) is 20.3. The van der Waals surface area contributed by atoms with Crippen molar-refractivity contribution in [2.24, 2.45) is 0 Å². The Bertz CT molecular complexity index is 491. The van der Waals surface area contributed by atoms with Gasteiger partial charge < -0.3 is 10.0 Å². The van der Waals surface area contributed by atoms with Gasteiger partial charge in [0.15, 0.2) is 5.78 Å². The van der Waals surface area contributed by atoms with Crippen molar-refractivity contribution in [1.29, 1.82) is 0 Å². The molecule has 1 aliphatic rings. The molecule has 0 bridgehead atoms. The Morgan fingerprint density at radius 2 is 2.25 bits per heavy atom. The standard InChI is InChI=1S/C15H21FN2O2/c1-17(2)12-4-3-7-18(9-12)10-15(20)13-8-11(16)5-6-14(13)19/h5-6,8,12,19H,3-4,7,9-10H2,1-2H3. The number of Topliss-reactive ketones (excluding diaryl/α,β-unsaturated/α-hetero) is 1. The lowest BCUT2D eigenvalue weighted by molar-refractivity contribution is 0.0849. The number of nitrogens with zero attached hydrogens (tertiary/aromatic N) is 2. The molecule has 0 aliphatic carbocycles. The van der Waals surface area contributed by atoms with Crippen LogP contribution in [0.2, 0.25) is 0 Å². The van der Waals surface area contributed by atoms with Crippen molar-refractivity contribution >= 4 is 5.78 Å². The van der Waals surface area contributed by atoms with E-state index in [-0.39, 0.29) is 23.6 Å². The maximum absolute atomic E-state index is 13.2. The third kappa shape index (κ3) is 3.55. The third-order valence-corrected chi connectivity index (χ3v) is 3.84. The Kier molecular flexibility index (Phi) is 4.73. The monoisotopic (exact) mass is 280 g/mol. The number of aromatic hydroxyl groups is 1. The van der Waals surface area contributed by atoms with E-state index in [1.54, 1.807) is 0 Å². The molecule has 1 unspecified atom stereocenters. The zero-order valence-electron chi connectivity index (χ0n) is 12.0. The molecule has 0 amide bonds. The predicted octanol–water partition coefficient (Wildman–Crippen LogP) is 1.74. The van der Waals surface area contributed by atoms with Crippen LogP contribution in [0.25, 0.3) is 0 Å². The first-order valence-electron chi connectivity index (χ1n) is 6.88. The second kappa shape index (κ2) is 6.33. The lowest BCUT2D eigenvalue weighted by atomic mass is 10.0. The Hall–Kier alpha value is -1.46. The van der Waals surface area contributed by atoms with Crippen molar-refractivity contribution in [3.05, 3.63) is 29.6 Å². The van der Waals surface area contributed by atoms with Crippen LogP contribution in [0, 0.1) is 5.82 Å². The molecule has 1 atom stereocenters. The highest BCUT2D eigenvalue weighted by molar-refractivity contribution is 6.00. The average Bonchev–Trinajstić information content (AvgIpc) is 2.41. The maximum atomic E-state index is 13.2. The summed E-state index contributed by atoms with van der Waals surface area (Å²) < 4.78 is 13.2. The maximum Gasteiger partial charge on any atom is 0.180 e. The topological polar surface area (TPSA) is 43.8 Å². The van der Waals surface area contributed by atoms with Gasteiger partial charge in [0.05, 0.1) is 12.1 Å². The van der Waals surface area contributed by atoms with Gasteiger partial charge in [0.2, 0.25) is 0 Å². The van der Waals surface area contributed by atoms with Crippen LogP contribution in [-0.4, -0.2) is 60.5 Å². The average molecular weight is 280 g/mol. The highest BCUT2D eigenvalue weighted by Crippen LogP contribution is 2.20. The van der Waals surface area contributed by atoms with Crippen molar-refractivity contribution in [2.75, 3.05) is 33.7 Å². The first-order valence-corrected chi connectivity index (χ1v) is 6.88. The summed E-state index contributed by atoms with van der Waals surface area (Å²) in [5, 5.41) is 9.66. The Morgan fingerprint density at radius 3 is 2.95 bits per heavy atom. The van der Waals surface area contributed by atoms with E-state index in [4.69, 9.17) is 0 Å². The number of benzene rings is 1. The number of hydrogen-bond donors (Lipinski definition) is 1. The number of piperidine rings is 1. The van der Waals surface area contributed by atoms with E-state index in [0.29, 0.717) is 6.04 Å².